The Kier molecular flexibility index (Phi) is 0.583. The SMILES string of the molecule is CCC1C2C(N)[C@@]12C. The molecule has 3 unspecified atom stereocenters. The molecule has 0 radical (unpaired) electrons. The van der Waals surface area contributed by atoms with E-state index in [0.29, 0.717) is 11.5 Å². The maximum Gasteiger partial charge on any atom is 0.0136 e. The molecule has 0 aromatic carbocycles. The Hall–Kier alpha value is -0.0400. The Morgan fingerprint density at radius 1 is 1.62 bits per heavy atom. The predicted molar refractivity (Wildman–Crippen MR) is 33.4 cm³/mol. The summed E-state index contributed by atoms with van der Waals surface area (Å²) in [7, 11) is 0. The van der Waals surface area contributed by atoms with Gasteiger partial charge < -0.3 is 5.73 Å². The van der Waals surface area contributed by atoms with Gasteiger partial charge >= 0.3 is 0 Å². The van der Waals surface area contributed by atoms with Gasteiger partial charge in [-0.2, -0.15) is 0 Å². The standard InChI is InChI=1S/C7H13N/c1-3-4-5-6(8)7(4,5)2/h4-6H,3,8H2,1-2H3/t4?,5?,6?,7-/m0/s1. The summed E-state index contributed by atoms with van der Waals surface area (Å²) in [6.45, 7) is 4.57. The number of fused-ring (bicyclic) bond motifs is 1. The molecule has 2 saturated carbocycles. The van der Waals surface area contributed by atoms with E-state index < -0.39 is 0 Å². The third-order valence-electron chi connectivity index (χ3n) is 3.28. The van der Waals surface area contributed by atoms with Crippen LogP contribution in [-0.4, -0.2) is 6.04 Å². The van der Waals surface area contributed by atoms with E-state index in [0.717, 1.165) is 11.8 Å². The molecule has 0 amide bonds. The number of hydrogen-bond donors (Lipinski definition) is 1. The summed E-state index contributed by atoms with van der Waals surface area (Å²) < 4.78 is 0. The van der Waals surface area contributed by atoms with Gasteiger partial charge in [-0.1, -0.05) is 20.3 Å². The maximum atomic E-state index is 5.72. The summed E-state index contributed by atoms with van der Waals surface area (Å²) in [6.07, 6.45) is 1.34. The second-order valence-electron chi connectivity index (χ2n) is 3.43. The summed E-state index contributed by atoms with van der Waals surface area (Å²) in [5.74, 6) is 1.92. The Morgan fingerprint density at radius 3 is 2.25 bits per heavy atom. The van der Waals surface area contributed by atoms with Gasteiger partial charge in [0.05, 0.1) is 0 Å². The molecule has 0 heterocycles. The fraction of sp³-hybridized carbons (Fsp3) is 1.00. The van der Waals surface area contributed by atoms with Crippen molar-refractivity contribution >= 4 is 0 Å². The molecular formula is C7H13N. The van der Waals surface area contributed by atoms with Crippen LogP contribution < -0.4 is 5.73 Å². The Balaban J connectivity index is 2.02. The number of hydrogen-bond acceptors (Lipinski definition) is 1. The quantitative estimate of drug-likeness (QED) is 0.536. The van der Waals surface area contributed by atoms with Crippen LogP contribution in [0.1, 0.15) is 20.3 Å². The van der Waals surface area contributed by atoms with Gasteiger partial charge in [0.2, 0.25) is 0 Å². The highest BCUT2D eigenvalue weighted by molar-refractivity contribution is 5.32. The summed E-state index contributed by atoms with van der Waals surface area (Å²) in [6, 6.07) is 0.576. The average Bonchev–Trinajstić information content (AvgIpc) is 2.51. The minimum Gasteiger partial charge on any atom is -0.327 e. The van der Waals surface area contributed by atoms with E-state index in [-0.39, 0.29) is 0 Å². The highest BCUT2D eigenvalue weighted by atomic mass is 15.0. The van der Waals surface area contributed by atoms with Crippen LogP contribution in [0.2, 0.25) is 0 Å². The van der Waals surface area contributed by atoms with Crippen molar-refractivity contribution in [2.45, 2.75) is 26.3 Å². The van der Waals surface area contributed by atoms with E-state index in [1.54, 1.807) is 0 Å². The zero-order valence-corrected chi connectivity index (χ0v) is 5.52. The zero-order chi connectivity index (χ0) is 5.94. The first kappa shape index (κ1) is 4.80. The van der Waals surface area contributed by atoms with Crippen molar-refractivity contribution in [3.8, 4) is 0 Å². The Morgan fingerprint density at radius 2 is 2.12 bits per heavy atom. The molecule has 1 heteroatoms. The molecule has 4 atom stereocenters. The van der Waals surface area contributed by atoms with Gasteiger partial charge in [-0.05, 0) is 17.3 Å². The molecule has 2 aliphatic rings. The molecule has 0 aromatic heterocycles. The van der Waals surface area contributed by atoms with Gasteiger partial charge in [-0.3, -0.25) is 0 Å². The van der Waals surface area contributed by atoms with Gasteiger partial charge in [0.1, 0.15) is 0 Å². The van der Waals surface area contributed by atoms with Crippen LogP contribution in [0, 0.1) is 17.3 Å². The van der Waals surface area contributed by atoms with Crippen LogP contribution in [0.15, 0.2) is 0 Å². The van der Waals surface area contributed by atoms with E-state index in [1.807, 2.05) is 0 Å². The molecule has 2 rings (SSSR count). The van der Waals surface area contributed by atoms with Crippen LogP contribution in [0.4, 0.5) is 0 Å². The zero-order valence-electron chi connectivity index (χ0n) is 5.52. The van der Waals surface area contributed by atoms with E-state index >= 15 is 0 Å². The molecular weight excluding hydrogens is 98.1 g/mol. The maximum absolute atomic E-state index is 5.72. The first-order valence-corrected chi connectivity index (χ1v) is 3.48. The normalized spacial score (nSPS) is 67.1. The lowest BCUT2D eigenvalue weighted by molar-refractivity contribution is 0.455. The third-order valence-corrected chi connectivity index (χ3v) is 3.28. The van der Waals surface area contributed by atoms with E-state index in [4.69, 9.17) is 5.73 Å². The van der Waals surface area contributed by atoms with Crippen LogP contribution >= 0.6 is 0 Å². The molecule has 0 aromatic rings. The van der Waals surface area contributed by atoms with E-state index in [9.17, 15) is 0 Å². The number of rotatable bonds is 1. The van der Waals surface area contributed by atoms with Crippen molar-refractivity contribution in [3.05, 3.63) is 0 Å². The highest BCUT2D eigenvalue weighted by Gasteiger charge is 2.81. The molecule has 0 saturated heterocycles. The van der Waals surface area contributed by atoms with Crippen molar-refractivity contribution in [3.63, 3.8) is 0 Å². The van der Waals surface area contributed by atoms with Crippen LogP contribution in [-0.2, 0) is 0 Å². The molecule has 0 spiro atoms. The predicted octanol–water partition coefficient (Wildman–Crippen LogP) is 0.990. The molecule has 0 aliphatic heterocycles. The van der Waals surface area contributed by atoms with Crippen molar-refractivity contribution in [2.24, 2.45) is 23.0 Å². The molecule has 2 aliphatic carbocycles. The fourth-order valence-corrected chi connectivity index (χ4v) is 2.34. The van der Waals surface area contributed by atoms with Crippen molar-refractivity contribution in [1.29, 1.82) is 0 Å². The second-order valence-corrected chi connectivity index (χ2v) is 3.43. The molecule has 2 N–H and O–H groups in total. The van der Waals surface area contributed by atoms with Gasteiger partial charge in [-0.25, -0.2) is 0 Å². The molecule has 46 valence electrons. The van der Waals surface area contributed by atoms with E-state index in [1.165, 1.54) is 6.42 Å². The van der Waals surface area contributed by atoms with Gasteiger partial charge in [-0.15, -0.1) is 0 Å². The fourth-order valence-electron chi connectivity index (χ4n) is 2.34. The molecule has 8 heavy (non-hydrogen) atoms. The monoisotopic (exact) mass is 111 g/mol. The van der Waals surface area contributed by atoms with E-state index in [2.05, 4.69) is 13.8 Å². The summed E-state index contributed by atoms with van der Waals surface area (Å²) >= 11 is 0. The van der Waals surface area contributed by atoms with Gasteiger partial charge in [0.25, 0.3) is 0 Å². The lowest BCUT2D eigenvalue weighted by Gasteiger charge is -2.08. The Labute approximate surface area is 50.3 Å². The van der Waals surface area contributed by atoms with Crippen molar-refractivity contribution < 1.29 is 0 Å². The summed E-state index contributed by atoms with van der Waals surface area (Å²) in [4.78, 5) is 0. The first-order valence-electron chi connectivity index (χ1n) is 3.48. The van der Waals surface area contributed by atoms with Crippen molar-refractivity contribution in [2.75, 3.05) is 0 Å². The smallest absolute Gasteiger partial charge is 0.0136 e. The van der Waals surface area contributed by atoms with Crippen LogP contribution in [0.25, 0.3) is 0 Å². The topological polar surface area (TPSA) is 26.0 Å². The summed E-state index contributed by atoms with van der Waals surface area (Å²) in [5, 5.41) is 0. The van der Waals surface area contributed by atoms with Crippen molar-refractivity contribution in [1.82, 2.24) is 0 Å². The lowest BCUT2D eigenvalue weighted by atomic mass is 10.0. The first-order chi connectivity index (χ1) is 3.73. The van der Waals surface area contributed by atoms with Crippen LogP contribution in [0.5, 0.6) is 0 Å². The minimum absolute atomic E-state index is 0.576. The highest BCUT2D eigenvalue weighted by Crippen LogP contribution is 2.79. The van der Waals surface area contributed by atoms with Gasteiger partial charge in [0, 0.05) is 6.04 Å². The second kappa shape index (κ2) is 0.971. The third kappa shape index (κ3) is 0.255. The Bertz CT molecular complexity index is 126. The lowest BCUT2D eigenvalue weighted by Crippen LogP contribution is -2.20. The number of nitrogens with two attached hydrogens (primary N) is 1. The average molecular weight is 111 g/mol. The molecule has 1 nitrogen and oxygen atoms in total. The van der Waals surface area contributed by atoms with Crippen LogP contribution in [0.3, 0.4) is 0 Å². The molecule has 0 bridgehead atoms. The molecule has 2 fully saturated rings. The van der Waals surface area contributed by atoms with Gasteiger partial charge in [0.15, 0.2) is 0 Å². The minimum atomic E-state index is 0.576. The largest absolute Gasteiger partial charge is 0.327 e. The summed E-state index contributed by atoms with van der Waals surface area (Å²) in [5.41, 5.74) is 6.34.